The van der Waals surface area contributed by atoms with Crippen LogP contribution in [0.15, 0.2) is 60.9 Å². The molecule has 5 nitrogen and oxygen atoms in total. The Kier molecular flexibility index (Phi) is 5.27. The van der Waals surface area contributed by atoms with Gasteiger partial charge in [-0.2, -0.15) is 0 Å². The summed E-state index contributed by atoms with van der Waals surface area (Å²) in [7, 11) is 1.77. The summed E-state index contributed by atoms with van der Waals surface area (Å²) >= 11 is 0. The summed E-state index contributed by atoms with van der Waals surface area (Å²) in [5.41, 5.74) is 4.82. The zero-order valence-corrected chi connectivity index (χ0v) is 15.2. The van der Waals surface area contributed by atoms with Crippen LogP contribution in [0.4, 0.5) is 11.6 Å². The Morgan fingerprint density at radius 2 is 1.62 bits per heavy atom. The van der Waals surface area contributed by atoms with Crippen LogP contribution >= 0.6 is 0 Å². The average Bonchev–Trinajstić information content (AvgIpc) is 2.62. The Bertz CT molecular complexity index is 871. The summed E-state index contributed by atoms with van der Waals surface area (Å²) < 4.78 is 0. The van der Waals surface area contributed by atoms with Gasteiger partial charge in [0.05, 0.1) is 5.56 Å². The summed E-state index contributed by atoms with van der Waals surface area (Å²) in [4.78, 5) is 22.7. The number of amides is 1. The third-order valence-corrected chi connectivity index (χ3v) is 3.99. The van der Waals surface area contributed by atoms with Crippen LogP contribution in [-0.4, -0.2) is 27.8 Å². The average molecular weight is 346 g/mol. The molecule has 0 saturated carbocycles. The zero-order valence-electron chi connectivity index (χ0n) is 15.2. The second kappa shape index (κ2) is 7.78. The second-order valence-corrected chi connectivity index (χ2v) is 6.44. The van der Waals surface area contributed by atoms with Crippen molar-refractivity contribution in [2.45, 2.75) is 20.4 Å². The molecule has 0 aliphatic heterocycles. The minimum atomic E-state index is -0.105. The molecule has 1 heterocycles. The summed E-state index contributed by atoms with van der Waals surface area (Å²) in [5, 5.41) is 3.17. The molecule has 3 rings (SSSR count). The maximum absolute atomic E-state index is 12.5. The Balaban J connectivity index is 1.67. The highest BCUT2D eigenvalue weighted by Crippen LogP contribution is 2.17. The number of aromatic nitrogens is 2. The molecule has 1 amide bonds. The molecule has 0 atom stereocenters. The number of carbonyl (C=O) groups is 1. The van der Waals surface area contributed by atoms with Gasteiger partial charge < -0.3 is 10.2 Å². The molecule has 0 aliphatic rings. The summed E-state index contributed by atoms with van der Waals surface area (Å²) in [6.45, 7) is 4.63. The number of anilines is 2. The Morgan fingerprint density at radius 1 is 1.00 bits per heavy atom. The van der Waals surface area contributed by atoms with Crippen LogP contribution in [0.1, 0.15) is 27.0 Å². The van der Waals surface area contributed by atoms with Crippen molar-refractivity contribution in [3.05, 3.63) is 83.2 Å². The number of aryl methyl sites for hydroxylation is 2. The van der Waals surface area contributed by atoms with E-state index in [2.05, 4.69) is 21.4 Å². The number of hydrogen-bond acceptors (Lipinski definition) is 4. The van der Waals surface area contributed by atoms with Crippen molar-refractivity contribution >= 4 is 17.5 Å². The molecule has 132 valence electrons. The predicted molar refractivity (Wildman–Crippen MR) is 103 cm³/mol. The van der Waals surface area contributed by atoms with E-state index in [9.17, 15) is 4.79 Å². The first-order chi connectivity index (χ1) is 12.5. The third kappa shape index (κ3) is 4.45. The molecule has 1 N–H and O–H groups in total. The van der Waals surface area contributed by atoms with Crippen molar-refractivity contribution < 1.29 is 4.79 Å². The van der Waals surface area contributed by atoms with Gasteiger partial charge in [0.15, 0.2) is 0 Å². The topological polar surface area (TPSA) is 58.1 Å². The molecule has 26 heavy (non-hydrogen) atoms. The van der Waals surface area contributed by atoms with E-state index in [4.69, 9.17) is 0 Å². The number of nitrogens with one attached hydrogen (secondary N) is 1. The van der Waals surface area contributed by atoms with Crippen LogP contribution in [0.5, 0.6) is 0 Å². The summed E-state index contributed by atoms with van der Waals surface area (Å²) in [6, 6.07) is 16.0. The number of rotatable bonds is 5. The number of nitrogens with zero attached hydrogens (tertiary/aromatic N) is 3. The molecular weight excluding hydrogens is 324 g/mol. The van der Waals surface area contributed by atoms with Crippen molar-refractivity contribution in [2.24, 2.45) is 0 Å². The van der Waals surface area contributed by atoms with Crippen molar-refractivity contribution in [1.29, 1.82) is 0 Å². The SMILES string of the molecule is Cc1cc(C)cc(Nc2ncc(C(=O)N(C)Cc3ccccc3)cn2)c1. The monoisotopic (exact) mass is 346 g/mol. The fourth-order valence-corrected chi connectivity index (χ4v) is 2.83. The highest BCUT2D eigenvalue weighted by Gasteiger charge is 2.13. The van der Waals surface area contributed by atoms with Gasteiger partial charge in [0.1, 0.15) is 0 Å². The molecule has 0 aliphatic carbocycles. The van der Waals surface area contributed by atoms with Crippen molar-refractivity contribution in [2.75, 3.05) is 12.4 Å². The van der Waals surface area contributed by atoms with Gasteiger partial charge in [-0.15, -0.1) is 0 Å². The first-order valence-corrected chi connectivity index (χ1v) is 8.48. The van der Waals surface area contributed by atoms with E-state index >= 15 is 0 Å². The number of carbonyl (C=O) groups excluding carboxylic acids is 1. The van der Waals surface area contributed by atoms with E-state index in [1.165, 1.54) is 11.1 Å². The van der Waals surface area contributed by atoms with E-state index in [1.54, 1.807) is 24.3 Å². The number of benzene rings is 2. The smallest absolute Gasteiger partial charge is 0.257 e. The Morgan fingerprint density at radius 3 is 2.23 bits per heavy atom. The van der Waals surface area contributed by atoms with Gasteiger partial charge in [0.2, 0.25) is 5.95 Å². The fraction of sp³-hybridized carbons (Fsp3) is 0.190. The van der Waals surface area contributed by atoms with Crippen LogP contribution in [0.25, 0.3) is 0 Å². The summed E-state index contributed by atoms with van der Waals surface area (Å²) in [5.74, 6) is 0.365. The van der Waals surface area contributed by atoms with E-state index in [-0.39, 0.29) is 5.91 Å². The van der Waals surface area contributed by atoms with Crippen LogP contribution in [0.3, 0.4) is 0 Å². The molecular formula is C21H22N4O. The minimum Gasteiger partial charge on any atom is -0.337 e. The lowest BCUT2D eigenvalue weighted by Gasteiger charge is -2.17. The Labute approximate surface area is 153 Å². The van der Waals surface area contributed by atoms with E-state index in [0.717, 1.165) is 11.3 Å². The van der Waals surface area contributed by atoms with Crippen LogP contribution < -0.4 is 5.32 Å². The van der Waals surface area contributed by atoms with Gasteiger partial charge in [0, 0.05) is 31.7 Å². The Hall–Kier alpha value is -3.21. The fourth-order valence-electron chi connectivity index (χ4n) is 2.83. The lowest BCUT2D eigenvalue weighted by Crippen LogP contribution is -2.26. The lowest BCUT2D eigenvalue weighted by molar-refractivity contribution is 0.0784. The normalized spacial score (nSPS) is 10.4. The van der Waals surface area contributed by atoms with Gasteiger partial charge in [0.25, 0.3) is 5.91 Å². The van der Waals surface area contributed by atoms with Gasteiger partial charge in [-0.3, -0.25) is 4.79 Å². The van der Waals surface area contributed by atoms with Crippen LogP contribution in [0.2, 0.25) is 0 Å². The van der Waals surface area contributed by atoms with Gasteiger partial charge in [-0.05, 0) is 42.7 Å². The first kappa shape index (κ1) is 17.6. The molecule has 5 heteroatoms. The molecule has 2 aromatic carbocycles. The first-order valence-electron chi connectivity index (χ1n) is 8.48. The van der Waals surface area contributed by atoms with Crippen molar-refractivity contribution in [3.63, 3.8) is 0 Å². The van der Waals surface area contributed by atoms with Crippen LogP contribution in [-0.2, 0) is 6.54 Å². The lowest BCUT2D eigenvalue weighted by atomic mass is 10.1. The van der Waals surface area contributed by atoms with E-state index < -0.39 is 0 Å². The largest absolute Gasteiger partial charge is 0.337 e. The molecule has 0 spiro atoms. The predicted octanol–water partition coefficient (Wildman–Crippen LogP) is 4.11. The molecule has 3 aromatic rings. The highest BCUT2D eigenvalue weighted by molar-refractivity contribution is 5.93. The molecule has 1 aromatic heterocycles. The van der Waals surface area contributed by atoms with Crippen molar-refractivity contribution in [1.82, 2.24) is 14.9 Å². The third-order valence-electron chi connectivity index (χ3n) is 3.99. The zero-order chi connectivity index (χ0) is 18.5. The highest BCUT2D eigenvalue weighted by atomic mass is 16.2. The number of hydrogen-bond donors (Lipinski definition) is 1. The summed E-state index contributed by atoms with van der Waals surface area (Å²) in [6.07, 6.45) is 3.11. The molecule has 0 fully saturated rings. The maximum atomic E-state index is 12.5. The maximum Gasteiger partial charge on any atom is 0.257 e. The van der Waals surface area contributed by atoms with E-state index in [0.29, 0.717) is 18.1 Å². The quantitative estimate of drug-likeness (QED) is 0.755. The van der Waals surface area contributed by atoms with Crippen LogP contribution in [0, 0.1) is 13.8 Å². The molecule has 0 bridgehead atoms. The van der Waals surface area contributed by atoms with Crippen molar-refractivity contribution in [3.8, 4) is 0 Å². The standard InChI is InChI=1S/C21H22N4O/c1-15-9-16(2)11-19(10-15)24-21-22-12-18(13-23-21)20(26)25(3)14-17-7-5-4-6-8-17/h4-13H,14H2,1-3H3,(H,22,23,24). The molecule has 0 saturated heterocycles. The minimum absolute atomic E-state index is 0.105. The molecule has 0 unspecified atom stereocenters. The molecule has 0 radical (unpaired) electrons. The second-order valence-electron chi connectivity index (χ2n) is 6.44. The van der Waals surface area contributed by atoms with Gasteiger partial charge in [-0.1, -0.05) is 36.4 Å². The van der Waals surface area contributed by atoms with Gasteiger partial charge in [-0.25, -0.2) is 9.97 Å². The van der Waals surface area contributed by atoms with E-state index in [1.807, 2.05) is 56.3 Å². The van der Waals surface area contributed by atoms with Gasteiger partial charge >= 0.3 is 0 Å².